The van der Waals surface area contributed by atoms with Crippen LogP contribution in [0.3, 0.4) is 0 Å². The van der Waals surface area contributed by atoms with Crippen LogP contribution in [0.2, 0.25) is 0 Å². The van der Waals surface area contributed by atoms with Crippen molar-refractivity contribution in [3.63, 3.8) is 0 Å². The predicted octanol–water partition coefficient (Wildman–Crippen LogP) is 3.99. The van der Waals surface area contributed by atoms with Gasteiger partial charge < -0.3 is 4.74 Å². The van der Waals surface area contributed by atoms with E-state index in [9.17, 15) is 44.2 Å². The van der Waals surface area contributed by atoms with E-state index < -0.39 is 57.7 Å². The van der Waals surface area contributed by atoms with E-state index in [1.807, 2.05) is 0 Å². The van der Waals surface area contributed by atoms with Gasteiger partial charge in [-0.15, -0.1) is 0 Å². The summed E-state index contributed by atoms with van der Waals surface area (Å²) < 4.78 is 5.29. The van der Waals surface area contributed by atoms with Gasteiger partial charge in [0, 0.05) is 35.4 Å². The minimum Gasteiger partial charge on any atom is -0.423 e. The Morgan fingerprint density at radius 2 is 1.20 bits per heavy atom. The van der Waals surface area contributed by atoms with Crippen molar-refractivity contribution in [1.29, 1.82) is 0 Å². The second-order valence-corrected chi connectivity index (χ2v) is 11.2. The van der Waals surface area contributed by atoms with Crippen LogP contribution >= 0.6 is 0 Å². The van der Waals surface area contributed by atoms with Gasteiger partial charge in [-0.1, -0.05) is 0 Å². The monoisotopic (exact) mass is 612 g/mol. The average Bonchev–Trinajstić information content (AvgIpc) is 3.73. The maximum absolute atomic E-state index is 13.7. The lowest BCUT2D eigenvalue weighted by Crippen LogP contribution is -2.52. The number of ketones is 1. The zero-order valence-electron chi connectivity index (χ0n) is 23.4. The van der Waals surface area contributed by atoms with Gasteiger partial charge in [0.15, 0.2) is 5.78 Å². The number of fused-ring (bicyclic) bond motifs is 5. The fraction of sp³-hybridized carbons (Fsp3) is 0.258. The van der Waals surface area contributed by atoms with Crippen molar-refractivity contribution >= 4 is 40.8 Å². The molecule has 6 rings (SSSR count). The molecule has 0 spiro atoms. The van der Waals surface area contributed by atoms with Crippen molar-refractivity contribution < 1.29 is 38.6 Å². The number of carbonyl (C=O) groups excluding carboxylic acids is 5. The third-order valence-corrected chi connectivity index (χ3v) is 8.70. The van der Waals surface area contributed by atoms with E-state index in [0.29, 0.717) is 0 Å². The lowest BCUT2D eigenvalue weighted by atomic mass is 9.81. The molecule has 0 unspecified atom stereocenters. The van der Waals surface area contributed by atoms with Crippen LogP contribution in [0.5, 0.6) is 5.75 Å². The zero-order valence-corrected chi connectivity index (χ0v) is 23.4. The van der Waals surface area contributed by atoms with Crippen LogP contribution in [0.1, 0.15) is 50.3 Å². The molecule has 3 amide bonds. The minimum absolute atomic E-state index is 0.0368. The Hall–Kier alpha value is -5.79. The molecule has 3 aromatic rings. The molecule has 2 bridgehead atoms. The van der Waals surface area contributed by atoms with E-state index in [2.05, 4.69) is 0 Å². The molecule has 45 heavy (non-hydrogen) atoms. The molecule has 1 aliphatic heterocycles. The standard InChI is InChI=1S/C31H24N4O10/c36-25(17-7-13-24(14-8-17)45-31(40)19-5-11-23(12-6-19)35(43)44)16-32(28(37)18-3-9-22(10-4-18)34(41)42)33-29(38)26-20-1-2-21(15-20)27(26)30(33)39/h3-14,20-21,26-27H,1-2,15-16H2/t20-,21-,26+,27+/m0/s1. The number of Topliss-reactive ketones (excluding diaryl/α,β-unsaturated/α-hetero) is 1. The summed E-state index contributed by atoms with van der Waals surface area (Å²) in [6.07, 6.45) is 2.40. The number of non-ortho nitro benzene ring substituents is 2. The first-order valence-corrected chi connectivity index (χ1v) is 14.1. The smallest absolute Gasteiger partial charge is 0.343 e. The van der Waals surface area contributed by atoms with Crippen molar-refractivity contribution in [2.75, 3.05) is 6.54 Å². The molecule has 2 saturated carbocycles. The van der Waals surface area contributed by atoms with Gasteiger partial charge in [0.25, 0.3) is 29.1 Å². The summed E-state index contributed by atoms with van der Waals surface area (Å²) in [6.45, 7) is -0.677. The lowest BCUT2D eigenvalue weighted by molar-refractivity contribution is -0.385. The van der Waals surface area contributed by atoms with Gasteiger partial charge in [-0.25, -0.2) is 9.80 Å². The number of nitro groups is 2. The Bertz CT molecular complexity index is 1730. The minimum atomic E-state index is -0.846. The van der Waals surface area contributed by atoms with Crippen LogP contribution in [0.4, 0.5) is 11.4 Å². The Morgan fingerprint density at radius 1 is 0.733 bits per heavy atom. The Balaban J connectivity index is 1.22. The number of nitro benzene ring substituents is 2. The predicted molar refractivity (Wildman–Crippen MR) is 153 cm³/mol. The Morgan fingerprint density at radius 3 is 1.69 bits per heavy atom. The van der Waals surface area contributed by atoms with E-state index in [-0.39, 0.29) is 45.7 Å². The molecule has 1 heterocycles. The largest absolute Gasteiger partial charge is 0.423 e. The van der Waals surface area contributed by atoms with Crippen LogP contribution in [0.25, 0.3) is 0 Å². The van der Waals surface area contributed by atoms with Crippen molar-refractivity contribution in [2.45, 2.75) is 19.3 Å². The third-order valence-electron chi connectivity index (χ3n) is 8.70. The summed E-state index contributed by atoms with van der Waals surface area (Å²) in [7, 11) is 0. The summed E-state index contributed by atoms with van der Waals surface area (Å²) in [5, 5.41) is 23.5. The van der Waals surface area contributed by atoms with Crippen LogP contribution in [0, 0.1) is 43.9 Å². The summed E-state index contributed by atoms with van der Waals surface area (Å²) >= 11 is 0. The van der Waals surface area contributed by atoms with Gasteiger partial charge in [0.05, 0.1) is 27.2 Å². The van der Waals surface area contributed by atoms with Crippen molar-refractivity contribution in [3.8, 4) is 5.75 Å². The first-order chi connectivity index (χ1) is 21.5. The third kappa shape index (κ3) is 5.30. The van der Waals surface area contributed by atoms with Gasteiger partial charge in [-0.2, -0.15) is 5.01 Å². The number of imide groups is 1. The second kappa shape index (κ2) is 11.4. The molecule has 2 aliphatic carbocycles. The molecular weight excluding hydrogens is 588 g/mol. The lowest BCUT2D eigenvalue weighted by Gasteiger charge is -2.30. The van der Waals surface area contributed by atoms with Gasteiger partial charge in [-0.3, -0.25) is 39.4 Å². The van der Waals surface area contributed by atoms with Crippen molar-refractivity contribution in [2.24, 2.45) is 23.7 Å². The normalized spacial score (nSPS) is 21.4. The molecule has 4 atom stereocenters. The van der Waals surface area contributed by atoms with Crippen molar-refractivity contribution in [1.82, 2.24) is 10.0 Å². The summed E-state index contributed by atoms with van der Waals surface area (Å²) in [4.78, 5) is 87.4. The molecule has 3 fully saturated rings. The van der Waals surface area contributed by atoms with E-state index in [0.717, 1.165) is 53.5 Å². The fourth-order valence-electron chi connectivity index (χ4n) is 6.56. The molecule has 14 nitrogen and oxygen atoms in total. The number of esters is 1. The van der Waals surface area contributed by atoms with E-state index in [4.69, 9.17) is 4.74 Å². The molecule has 228 valence electrons. The van der Waals surface area contributed by atoms with Crippen LogP contribution in [0.15, 0.2) is 72.8 Å². The quantitative estimate of drug-likeness (QED) is 0.0853. The highest BCUT2D eigenvalue weighted by Gasteiger charge is 2.62. The van der Waals surface area contributed by atoms with Crippen LogP contribution in [-0.2, 0) is 9.59 Å². The highest BCUT2D eigenvalue weighted by atomic mass is 16.6. The van der Waals surface area contributed by atoms with Crippen molar-refractivity contribution in [3.05, 3.63) is 110 Å². The molecule has 0 radical (unpaired) electrons. The highest BCUT2D eigenvalue weighted by molar-refractivity contribution is 6.10. The zero-order chi connectivity index (χ0) is 32.0. The van der Waals surface area contributed by atoms with Gasteiger partial charge >= 0.3 is 5.97 Å². The number of hydrogen-bond donors (Lipinski definition) is 0. The van der Waals surface area contributed by atoms with Crippen LogP contribution < -0.4 is 4.74 Å². The molecule has 14 heteroatoms. The average molecular weight is 613 g/mol. The second-order valence-electron chi connectivity index (χ2n) is 11.2. The molecule has 0 aromatic heterocycles. The number of nitrogens with zero attached hydrogens (tertiary/aromatic N) is 4. The number of carbonyl (C=O) groups is 5. The van der Waals surface area contributed by atoms with Crippen LogP contribution in [-0.4, -0.2) is 55.9 Å². The number of ether oxygens (including phenoxy) is 1. The maximum atomic E-state index is 13.7. The number of hydrogen-bond acceptors (Lipinski definition) is 10. The summed E-state index contributed by atoms with van der Waals surface area (Å²) in [5.41, 5.74) is -0.348. The van der Waals surface area contributed by atoms with E-state index >= 15 is 0 Å². The number of hydrazine groups is 1. The number of amides is 3. The Labute approximate surface area is 254 Å². The topological polar surface area (TPSA) is 187 Å². The first kappa shape index (κ1) is 29.3. The maximum Gasteiger partial charge on any atom is 0.343 e. The molecule has 1 saturated heterocycles. The number of rotatable bonds is 9. The molecule has 0 N–H and O–H groups in total. The SMILES string of the molecule is O=C(CN(C(=O)c1ccc([N+](=O)[O-])cc1)N1C(=O)[C@@H]2[C@H]3CC[C@@H](C3)[C@H]2C1=O)c1ccc(OC(=O)c2ccc([N+](=O)[O-])cc2)cc1. The summed E-state index contributed by atoms with van der Waals surface area (Å²) in [6, 6.07) is 14.8. The van der Waals surface area contributed by atoms with Gasteiger partial charge in [0.1, 0.15) is 12.3 Å². The molecular formula is C31H24N4O10. The molecule has 3 aliphatic rings. The number of benzene rings is 3. The van der Waals surface area contributed by atoms with Gasteiger partial charge in [0.2, 0.25) is 0 Å². The van der Waals surface area contributed by atoms with Gasteiger partial charge in [-0.05, 0) is 79.6 Å². The first-order valence-electron chi connectivity index (χ1n) is 14.1. The highest BCUT2D eigenvalue weighted by Crippen LogP contribution is 2.56. The van der Waals surface area contributed by atoms with E-state index in [1.165, 1.54) is 48.5 Å². The van der Waals surface area contributed by atoms with E-state index in [1.54, 1.807) is 0 Å². The summed E-state index contributed by atoms with van der Waals surface area (Å²) in [5.74, 6) is -4.28. The Kier molecular flexibility index (Phi) is 7.40. The fourth-order valence-corrected chi connectivity index (χ4v) is 6.56. The molecule has 3 aromatic carbocycles.